The molecule has 158 valence electrons. The van der Waals surface area contributed by atoms with E-state index < -0.39 is 15.6 Å². The molecule has 3 aromatic carbocycles. The van der Waals surface area contributed by atoms with Crippen molar-refractivity contribution in [1.29, 1.82) is 0 Å². The summed E-state index contributed by atoms with van der Waals surface area (Å²) in [6.45, 7) is -0.469. The van der Waals surface area contributed by atoms with Gasteiger partial charge in [-0.15, -0.1) is 0 Å². The van der Waals surface area contributed by atoms with Gasteiger partial charge in [0, 0.05) is 0 Å². The van der Waals surface area contributed by atoms with E-state index >= 15 is 0 Å². The Morgan fingerprint density at radius 3 is 1.27 bits per heavy atom. The molecule has 0 aliphatic carbocycles. The van der Waals surface area contributed by atoms with Crippen LogP contribution in [-0.2, 0) is 46.8 Å². The van der Waals surface area contributed by atoms with Crippen LogP contribution in [0.5, 0.6) is 0 Å². The van der Waals surface area contributed by atoms with E-state index in [4.69, 9.17) is 17.9 Å². The lowest BCUT2D eigenvalue weighted by Gasteiger charge is -2.20. The van der Waals surface area contributed by atoms with Crippen LogP contribution in [0.2, 0.25) is 0 Å². The molecule has 1 N–H and O–H groups in total. The van der Waals surface area contributed by atoms with Crippen LogP contribution in [0.4, 0.5) is 0 Å². The van der Waals surface area contributed by atoms with E-state index in [1.165, 1.54) is 0 Å². The van der Waals surface area contributed by atoms with E-state index in [1.54, 1.807) is 72.8 Å². The molecule has 7 nitrogen and oxygen atoms in total. The predicted molar refractivity (Wildman–Crippen MR) is 112 cm³/mol. The van der Waals surface area contributed by atoms with Gasteiger partial charge in [-0.3, -0.25) is 13.6 Å². The molecule has 0 fully saturated rings. The zero-order chi connectivity index (χ0) is 21.3. The first kappa shape index (κ1) is 22.6. The highest BCUT2D eigenvalue weighted by atomic mass is 31.3. The second-order valence-electron chi connectivity index (χ2n) is 6.27. The van der Waals surface area contributed by atoms with Crippen LogP contribution in [0.25, 0.3) is 0 Å². The maximum Gasteiger partial charge on any atom is 0.484 e. The highest BCUT2D eigenvalue weighted by molar-refractivity contribution is 7.61. The fourth-order valence-electron chi connectivity index (χ4n) is 2.42. The van der Waals surface area contributed by atoms with Gasteiger partial charge in [-0.1, -0.05) is 91.0 Å². The van der Waals surface area contributed by atoms with Crippen molar-refractivity contribution < 1.29 is 31.9 Å². The van der Waals surface area contributed by atoms with Crippen molar-refractivity contribution in [1.82, 2.24) is 0 Å². The summed E-state index contributed by atoms with van der Waals surface area (Å²) in [6.07, 6.45) is 0. The lowest BCUT2D eigenvalue weighted by Crippen LogP contribution is -2.02. The van der Waals surface area contributed by atoms with Gasteiger partial charge in [-0.25, -0.2) is 9.13 Å². The quantitative estimate of drug-likeness (QED) is 0.367. The molecule has 0 bridgehead atoms. The summed E-state index contributed by atoms with van der Waals surface area (Å²) in [5, 5.41) is 0. The zero-order valence-electron chi connectivity index (χ0n) is 16.1. The monoisotopic (exact) mass is 448 g/mol. The molecule has 3 aromatic rings. The fourth-order valence-corrected chi connectivity index (χ4v) is 5.00. The minimum atomic E-state index is -4.74. The lowest BCUT2D eigenvalue weighted by atomic mass is 10.2. The molecule has 0 amide bonds. The molecule has 0 saturated heterocycles. The smallest absolute Gasteiger partial charge is 0.302 e. The Labute approximate surface area is 175 Å². The Balaban J connectivity index is 1.68. The van der Waals surface area contributed by atoms with Gasteiger partial charge in [0.15, 0.2) is 0 Å². The van der Waals surface area contributed by atoms with Gasteiger partial charge < -0.3 is 4.89 Å². The van der Waals surface area contributed by atoms with E-state index in [9.17, 15) is 14.0 Å². The third kappa shape index (κ3) is 7.63. The molecule has 0 aliphatic rings. The number of rotatable bonds is 11. The third-order valence-corrected chi connectivity index (χ3v) is 6.88. The minimum absolute atomic E-state index is 0.133. The van der Waals surface area contributed by atoms with Crippen LogP contribution < -0.4 is 0 Å². The second kappa shape index (κ2) is 10.8. The average Bonchev–Trinajstić information content (AvgIpc) is 2.77. The number of benzene rings is 3. The molecule has 0 aliphatic heterocycles. The number of hydrogen-bond acceptors (Lipinski definition) is 6. The highest BCUT2D eigenvalue weighted by Crippen LogP contribution is 2.64. The Morgan fingerprint density at radius 1 is 0.567 bits per heavy atom. The molecule has 30 heavy (non-hydrogen) atoms. The predicted octanol–water partition coefficient (Wildman–Crippen LogP) is 5.86. The zero-order valence-corrected chi connectivity index (χ0v) is 17.9. The summed E-state index contributed by atoms with van der Waals surface area (Å²) < 4.78 is 46.0. The van der Waals surface area contributed by atoms with Crippen molar-refractivity contribution in [3.63, 3.8) is 0 Å². The molecular weight excluding hydrogens is 426 g/mol. The van der Waals surface area contributed by atoms with Gasteiger partial charge in [0.05, 0.1) is 19.8 Å². The van der Waals surface area contributed by atoms with Gasteiger partial charge in [0.2, 0.25) is 0 Å². The maximum absolute atomic E-state index is 13.1. The van der Waals surface area contributed by atoms with Crippen molar-refractivity contribution in [3.05, 3.63) is 108 Å². The summed E-state index contributed by atoms with van der Waals surface area (Å²) in [5.41, 5.74) is 2.05. The van der Waals surface area contributed by atoms with E-state index in [0.717, 1.165) is 0 Å². The Bertz CT molecular complexity index is 950. The van der Waals surface area contributed by atoms with Crippen molar-refractivity contribution in [2.24, 2.45) is 0 Å². The first-order valence-corrected chi connectivity index (χ1v) is 12.1. The van der Waals surface area contributed by atoms with Gasteiger partial charge >= 0.3 is 15.6 Å². The summed E-state index contributed by atoms with van der Waals surface area (Å²) in [7, 11) is -9.17. The first-order chi connectivity index (χ1) is 14.4. The average molecular weight is 448 g/mol. The van der Waals surface area contributed by atoms with Crippen LogP contribution in [0, 0.1) is 0 Å². The van der Waals surface area contributed by atoms with Gasteiger partial charge in [0.1, 0.15) is 0 Å². The largest absolute Gasteiger partial charge is 0.484 e. The molecule has 1 unspecified atom stereocenters. The lowest BCUT2D eigenvalue weighted by molar-refractivity contribution is 0.116. The van der Waals surface area contributed by atoms with Crippen molar-refractivity contribution >= 4 is 15.6 Å². The molecule has 0 saturated carbocycles. The summed E-state index contributed by atoms with van der Waals surface area (Å²) >= 11 is 0. The molecule has 0 heterocycles. The van der Waals surface area contributed by atoms with E-state index in [2.05, 4.69) is 0 Å². The molecule has 1 atom stereocenters. The van der Waals surface area contributed by atoms with E-state index in [-0.39, 0.29) is 19.8 Å². The Morgan fingerprint density at radius 2 is 0.900 bits per heavy atom. The molecule has 0 aromatic heterocycles. The van der Waals surface area contributed by atoms with Crippen molar-refractivity contribution in [3.8, 4) is 0 Å². The summed E-state index contributed by atoms with van der Waals surface area (Å²) in [5.74, 6) is 0. The number of hydrogen-bond donors (Lipinski definition) is 1. The SMILES string of the molecule is O=P(O)(OCc1ccccc1)OP(=O)(OCc1ccccc1)OCc1ccccc1. The Kier molecular flexibility index (Phi) is 8.14. The Hall–Kier alpha value is -2.08. The molecule has 3 rings (SSSR count). The second-order valence-corrected chi connectivity index (χ2v) is 9.53. The maximum atomic E-state index is 13.1. The van der Waals surface area contributed by atoms with Gasteiger partial charge in [0.25, 0.3) is 0 Å². The van der Waals surface area contributed by atoms with Crippen LogP contribution >= 0.6 is 15.6 Å². The molecule has 9 heteroatoms. The first-order valence-electron chi connectivity index (χ1n) is 9.14. The number of phosphoric ester groups is 2. The summed E-state index contributed by atoms with van der Waals surface area (Å²) in [4.78, 5) is 10.1. The van der Waals surface area contributed by atoms with E-state index in [0.29, 0.717) is 16.7 Å². The standard InChI is InChI=1S/C21H22O7P2/c22-29(23,25-16-19-10-4-1-5-11-19)28-30(24,26-17-20-12-6-2-7-13-20)27-18-21-14-8-3-9-15-21/h1-15H,16-18H2,(H,22,23). The van der Waals surface area contributed by atoms with Crippen molar-refractivity contribution in [2.45, 2.75) is 19.8 Å². The summed E-state index contributed by atoms with van der Waals surface area (Å²) in [6, 6.07) is 26.6. The topological polar surface area (TPSA) is 91.3 Å². The highest BCUT2D eigenvalue weighted by Gasteiger charge is 2.38. The molecule has 0 radical (unpaired) electrons. The fraction of sp³-hybridized carbons (Fsp3) is 0.143. The van der Waals surface area contributed by atoms with Crippen molar-refractivity contribution in [2.75, 3.05) is 0 Å². The van der Waals surface area contributed by atoms with E-state index in [1.807, 2.05) is 18.2 Å². The normalized spacial score (nSPS) is 13.6. The van der Waals surface area contributed by atoms with Gasteiger partial charge in [-0.05, 0) is 16.7 Å². The van der Waals surface area contributed by atoms with Crippen LogP contribution in [0.1, 0.15) is 16.7 Å². The molecule has 0 spiro atoms. The third-order valence-electron chi connectivity index (χ3n) is 3.90. The minimum Gasteiger partial charge on any atom is -0.302 e. The molecular formula is C21H22O7P2. The van der Waals surface area contributed by atoms with Gasteiger partial charge in [-0.2, -0.15) is 4.31 Å². The van der Waals surface area contributed by atoms with Crippen LogP contribution in [-0.4, -0.2) is 4.89 Å². The van der Waals surface area contributed by atoms with Crippen LogP contribution in [0.15, 0.2) is 91.0 Å². The van der Waals surface area contributed by atoms with Crippen LogP contribution in [0.3, 0.4) is 0 Å². The number of phosphoric acid groups is 2.